The SMILES string of the molecule is CCC/C=N\C(=NC)N1CCN(CCNC(=O)/N=C(/C)SCC(=O)CCC)CC1. The van der Waals surface area contributed by atoms with Gasteiger partial charge in [-0.25, -0.2) is 9.79 Å². The number of piperazine rings is 1. The number of unbranched alkanes of at least 4 members (excludes halogenated alkanes) is 1. The number of ketones is 1. The molecule has 2 amide bonds. The molecule has 9 heteroatoms. The Morgan fingerprint density at radius 2 is 1.86 bits per heavy atom. The lowest BCUT2D eigenvalue weighted by Gasteiger charge is -2.35. The number of nitrogens with zero attached hydrogens (tertiary/aromatic N) is 5. The van der Waals surface area contributed by atoms with Crippen molar-refractivity contribution in [1.29, 1.82) is 0 Å². The summed E-state index contributed by atoms with van der Waals surface area (Å²) in [7, 11) is 1.78. The Morgan fingerprint density at radius 3 is 2.48 bits per heavy atom. The number of hydrogen-bond acceptors (Lipinski definition) is 5. The minimum atomic E-state index is -0.345. The fourth-order valence-electron chi connectivity index (χ4n) is 2.80. The van der Waals surface area contributed by atoms with Gasteiger partial charge in [0.25, 0.3) is 0 Å². The third-order valence-electron chi connectivity index (χ3n) is 4.41. The van der Waals surface area contributed by atoms with Crippen molar-refractivity contribution in [3.63, 3.8) is 0 Å². The van der Waals surface area contributed by atoms with Crippen molar-refractivity contribution in [2.75, 3.05) is 52.1 Å². The molecule has 0 aromatic carbocycles. The number of amides is 2. The van der Waals surface area contributed by atoms with E-state index in [1.807, 2.05) is 13.1 Å². The van der Waals surface area contributed by atoms with Crippen LogP contribution in [0.1, 0.15) is 46.5 Å². The molecule has 1 aliphatic heterocycles. The summed E-state index contributed by atoms with van der Waals surface area (Å²) in [5.74, 6) is 1.37. The molecule has 0 atom stereocenters. The number of hydrogen-bond donors (Lipinski definition) is 1. The lowest BCUT2D eigenvalue weighted by Crippen LogP contribution is -2.49. The molecule has 1 saturated heterocycles. The van der Waals surface area contributed by atoms with Crippen LogP contribution in [0.2, 0.25) is 0 Å². The van der Waals surface area contributed by atoms with E-state index in [4.69, 9.17) is 0 Å². The second-order valence-electron chi connectivity index (χ2n) is 6.89. The quantitative estimate of drug-likeness (QED) is 0.454. The summed E-state index contributed by atoms with van der Waals surface area (Å²) in [6.07, 6.45) is 5.41. The van der Waals surface area contributed by atoms with Gasteiger partial charge in [0.1, 0.15) is 5.78 Å². The number of aliphatic imine (C=N–C) groups is 3. The normalized spacial score (nSPS) is 16.5. The number of carbonyl (C=O) groups is 2. The van der Waals surface area contributed by atoms with E-state index in [0.717, 1.165) is 57.9 Å². The van der Waals surface area contributed by atoms with Crippen LogP contribution in [0.3, 0.4) is 0 Å². The van der Waals surface area contributed by atoms with E-state index in [-0.39, 0.29) is 11.8 Å². The Bertz CT molecular complexity index is 598. The third-order valence-corrected chi connectivity index (χ3v) is 5.39. The van der Waals surface area contributed by atoms with E-state index in [9.17, 15) is 9.59 Å². The van der Waals surface area contributed by atoms with Gasteiger partial charge in [-0.05, 0) is 19.8 Å². The first-order valence-electron chi connectivity index (χ1n) is 10.4. The first-order valence-corrected chi connectivity index (χ1v) is 11.4. The summed E-state index contributed by atoms with van der Waals surface area (Å²) in [4.78, 5) is 40.7. The maximum atomic E-state index is 11.9. The van der Waals surface area contributed by atoms with Gasteiger partial charge >= 0.3 is 6.03 Å². The highest BCUT2D eigenvalue weighted by atomic mass is 32.2. The van der Waals surface area contributed by atoms with Crippen LogP contribution < -0.4 is 5.32 Å². The molecule has 0 aliphatic carbocycles. The molecule has 1 heterocycles. The Hall–Kier alpha value is -1.74. The summed E-state index contributed by atoms with van der Waals surface area (Å²) in [5.41, 5.74) is 0. The van der Waals surface area contributed by atoms with Crippen LogP contribution in [0, 0.1) is 0 Å². The van der Waals surface area contributed by atoms with Gasteiger partial charge in [0.15, 0.2) is 0 Å². The molecule has 1 aliphatic rings. The monoisotopic (exact) mass is 424 g/mol. The summed E-state index contributed by atoms with van der Waals surface area (Å²) >= 11 is 1.33. The summed E-state index contributed by atoms with van der Waals surface area (Å²) in [6.45, 7) is 10.8. The first-order chi connectivity index (χ1) is 14.0. The fourth-order valence-corrected chi connectivity index (χ4v) is 3.46. The van der Waals surface area contributed by atoms with Gasteiger partial charge in [0, 0.05) is 59.0 Å². The summed E-state index contributed by atoms with van der Waals surface area (Å²) < 4.78 is 0. The minimum absolute atomic E-state index is 0.193. The van der Waals surface area contributed by atoms with E-state index < -0.39 is 0 Å². The molecular weight excluding hydrogens is 388 g/mol. The van der Waals surface area contributed by atoms with Crippen LogP contribution in [0.4, 0.5) is 4.79 Å². The highest BCUT2D eigenvalue weighted by Gasteiger charge is 2.18. The maximum Gasteiger partial charge on any atom is 0.341 e. The Balaban J connectivity index is 2.26. The molecule has 0 saturated carbocycles. The van der Waals surface area contributed by atoms with Crippen LogP contribution in [0.15, 0.2) is 15.0 Å². The number of urea groups is 1. The van der Waals surface area contributed by atoms with Gasteiger partial charge in [-0.15, -0.1) is 11.8 Å². The third kappa shape index (κ3) is 11.1. The molecule has 164 valence electrons. The Labute approximate surface area is 179 Å². The average Bonchev–Trinajstić information content (AvgIpc) is 2.71. The van der Waals surface area contributed by atoms with Gasteiger partial charge in [0.2, 0.25) is 5.96 Å². The number of Topliss-reactive ketones (excluding diaryl/α,β-unsaturated/α-hetero) is 1. The first kappa shape index (κ1) is 25.3. The van der Waals surface area contributed by atoms with E-state index in [1.54, 1.807) is 14.0 Å². The predicted octanol–water partition coefficient (Wildman–Crippen LogP) is 2.69. The number of thioether (sulfide) groups is 1. The van der Waals surface area contributed by atoms with Crippen molar-refractivity contribution in [3.8, 4) is 0 Å². The van der Waals surface area contributed by atoms with E-state index >= 15 is 0 Å². The van der Waals surface area contributed by atoms with Gasteiger partial charge in [-0.2, -0.15) is 4.99 Å². The number of guanidine groups is 1. The molecule has 0 aromatic rings. The zero-order valence-electron chi connectivity index (χ0n) is 18.3. The largest absolute Gasteiger partial charge is 0.341 e. The van der Waals surface area contributed by atoms with Crippen LogP contribution in [-0.4, -0.2) is 90.9 Å². The van der Waals surface area contributed by atoms with E-state index in [2.05, 4.69) is 37.0 Å². The second-order valence-corrected chi connectivity index (χ2v) is 8.06. The van der Waals surface area contributed by atoms with E-state index in [1.165, 1.54) is 11.8 Å². The molecule has 0 aromatic heterocycles. The number of rotatable bonds is 9. The van der Waals surface area contributed by atoms with Gasteiger partial charge < -0.3 is 10.2 Å². The topological polar surface area (TPSA) is 89.7 Å². The highest BCUT2D eigenvalue weighted by Crippen LogP contribution is 2.07. The number of carbonyl (C=O) groups excluding carboxylic acids is 2. The lowest BCUT2D eigenvalue weighted by molar-refractivity contribution is -0.116. The van der Waals surface area contributed by atoms with Crippen LogP contribution in [0.25, 0.3) is 0 Å². The molecule has 1 fully saturated rings. The second kappa shape index (κ2) is 15.1. The molecule has 0 spiro atoms. The zero-order valence-corrected chi connectivity index (χ0v) is 19.1. The van der Waals surface area contributed by atoms with Gasteiger partial charge in [-0.1, -0.05) is 20.3 Å². The van der Waals surface area contributed by atoms with Crippen molar-refractivity contribution < 1.29 is 9.59 Å². The van der Waals surface area contributed by atoms with E-state index in [0.29, 0.717) is 23.8 Å². The maximum absolute atomic E-state index is 11.9. The summed E-state index contributed by atoms with van der Waals surface area (Å²) in [5, 5.41) is 3.45. The van der Waals surface area contributed by atoms with Crippen molar-refractivity contribution in [2.45, 2.75) is 46.5 Å². The number of nitrogens with one attached hydrogen (secondary N) is 1. The van der Waals surface area contributed by atoms with Crippen molar-refractivity contribution >= 4 is 40.8 Å². The smallest absolute Gasteiger partial charge is 0.339 e. The Kier molecular flexibility index (Phi) is 13.2. The molecule has 0 unspecified atom stereocenters. The lowest BCUT2D eigenvalue weighted by atomic mass is 10.3. The van der Waals surface area contributed by atoms with Crippen LogP contribution in [0.5, 0.6) is 0 Å². The van der Waals surface area contributed by atoms with Crippen LogP contribution >= 0.6 is 11.8 Å². The van der Waals surface area contributed by atoms with Crippen molar-refractivity contribution in [3.05, 3.63) is 0 Å². The average molecular weight is 425 g/mol. The van der Waals surface area contributed by atoms with Crippen LogP contribution in [-0.2, 0) is 4.79 Å². The molecule has 1 N–H and O–H groups in total. The molecule has 29 heavy (non-hydrogen) atoms. The summed E-state index contributed by atoms with van der Waals surface area (Å²) in [6, 6.07) is -0.345. The van der Waals surface area contributed by atoms with Crippen molar-refractivity contribution in [2.24, 2.45) is 15.0 Å². The van der Waals surface area contributed by atoms with Crippen molar-refractivity contribution in [1.82, 2.24) is 15.1 Å². The standard InChI is InChI=1S/C20H36N6O2S/c1-5-7-9-22-19(21-4)26-14-12-25(13-15-26)11-10-23-20(28)24-17(3)29-16-18(27)8-6-2/h9H,5-8,10-16H2,1-4H3,(H,23,28)/b21-19?,22-9-,24-17-. The van der Waals surface area contributed by atoms with Gasteiger partial charge in [0.05, 0.1) is 10.8 Å². The minimum Gasteiger partial charge on any atom is -0.339 e. The van der Waals surface area contributed by atoms with Gasteiger partial charge in [-0.3, -0.25) is 14.7 Å². The highest BCUT2D eigenvalue weighted by molar-refractivity contribution is 8.14. The molecule has 0 radical (unpaired) electrons. The predicted molar refractivity (Wildman–Crippen MR) is 124 cm³/mol. The molecular formula is C20H36N6O2S. The Morgan fingerprint density at radius 1 is 1.14 bits per heavy atom. The molecule has 8 nitrogen and oxygen atoms in total. The molecule has 0 bridgehead atoms. The fraction of sp³-hybridized carbons (Fsp3) is 0.750. The molecule has 1 rings (SSSR count). The zero-order chi connectivity index (χ0) is 21.5.